The molecule has 0 heterocycles. The second kappa shape index (κ2) is 13.6. The van der Waals surface area contributed by atoms with E-state index >= 15 is 0 Å². The fraction of sp³-hybridized carbons (Fsp3) is 0.111. The van der Waals surface area contributed by atoms with E-state index in [9.17, 15) is 14.4 Å². The lowest BCUT2D eigenvalue weighted by Crippen LogP contribution is -2.32. The van der Waals surface area contributed by atoms with Crippen LogP contribution in [0.25, 0.3) is 0 Å². The number of rotatable bonds is 10. The van der Waals surface area contributed by atoms with Gasteiger partial charge in [-0.2, -0.15) is 5.10 Å². The van der Waals surface area contributed by atoms with E-state index in [0.717, 1.165) is 10.0 Å². The Bertz CT molecular complexity index is 1310. The van der Waals surface area contributed by atoms with E-state index in [1.165, 1.54) is 6.21 Å². The van der Waals surface area contributed by atoms with Crippen LogP contribution >= 0.6 is 15.9 Å². The molecule has 0 aliphatic heterocycles. The molecule has 190 valence electrons. The molecule has 0 spiro atoms. The Morgan fingerprint density at radius 1 is 0.973 bits per heavy atom. The van der Waals surface area contributed by atoms with Crippen molar-refractivity contribution in [3.8, 4) is 11.5 Å². The van der Waals surface area contributed by atoms with Crippen molar-refractivity contribution in [3.63, 3.8) is 0 Å². The lowest BCUT2D eigenvalue weighted by atomic mass is 10.2. The van der Waals surface area contributed by atoms with Crippen molar-refractivity contribution in [2.75, 3.05) is 23.8 Å². The van der Waals surface area contributed by atoms with Crippen molar-refractivity contribution in [1.29, 1.82) is 0 Å². The van der Waals surface area contributed by atoms with Gasteiger partial charge in [0, 0.05) is 21.4 Å². The number of amides is 3. The van der Waals surface area contributed by atoms with Crippen LogP contribution in [0.3, 0.4) is 0 Å². The molecule has 0 unspecified atom stereocenters. The molecule has 0 aromatic heterocycles. The Hall–Kier alpha value is -4.44. The van der Waals surface area contributed by atoms with E-state index < -0.39 is 11.8 Å². The average molecular weight is 565 g/mol. The van der Waals surface area contributed by atoms with Gasteiger partial charge in [0.15, 0.2) is 6.61 Å². The molecule has 0 bridgehead atoms. The number of carbonyl (C=O) groups is 3. The Balaban J connectivity index is 1.51. The third-order valence-electron chi connectivity index (χ3n) is 4.80. The largest absolute Gasteiger partial charge is 0.490 e. The normalized spacial score (nSPS) is 10.4. The van der Waals surface area contributed by atoms with Crippen LogP contribution < -0.4 is 25.5 Å². The zero-order valence-electron chi connectivity index (χ0n) is 20.0. The van der Waals surface area contributed by atoms with Gasteiger partial charge < -0.3 is 20.1 Å². The molecule has 0 aliphatic rings. The first kappa shape index (κ1) is 27.2. The number of carbonyl (C=O) groups excluding carboxylic acids is 3. The molecule has 0 saturated carbocycles. The van der Waals surface area contributed by atoms with Gasteiger partial charge in [-0.05, 0) is 67.1 Å². The quantitative estimate of drug-likeness (QED) is 0.146. The molecule has 0 saturated heterocycles. The summed E-state index contributed by atoms with van der Waals surface area (Å²) >= 11 is 3.39. The van der Waals surface area contributed by atoms with Crippen LogP contribution in [0.5, 0.6) is 11.5 Å². The monoisotopic (exact) mass is 564 g/mol. The highest BCUT2D eigenvalue weighted by atomic mass is 79.9. The first-order valence-corrected chi connectivity index (χ1v) is 11.9. The highest BCUT2D eigenvalue weighted by Gasteiger charge is 2.13. The summed E-state index contributed by atoms with van der Waals surface area (Å²) in [6, 6.07) is 18.9. The van der Waals surface area contributed by atoms with Crippen molar-refractivity contribution in [1.82, 2.24) is 5.43 Å². The standard InChI is InChI=1S/C27H25BrN4O5/c1-3-14-36-22-11-9-21(10-12-22)30-26(34)27(35)32-29-16-19-6-4-5-7-24(19)37-17-25(33)31-23-13-8-20(28)15-18(23)2/h3-13,15-16H,1,14,17H2,2H3,(H,30,34)(H,31,33)(H,32,35)/b29-16-. The number of anilines is 2. The molecule has 0 atom stereocenters. The molecule has 9 nitrogen and oxygen atoms in total. The summed E-state index contributed by atoms with van der Waals surface area (Å²) in [7, 11) is 0. The zero-order valence-corrected chi connectivity index (χ0v) is 21.6. The first-order chi connectivity index (χ1) is 17.9. The SMILES string of the molecule is C=CCOc1ccc(NC(=O)C(=O)N/N=C\c2ccccc2OCC(=O)Nc2ccc(Br)cc2C)cc1. The van der Waals surface area contributed by atoms with Gasteiger partial charge >= 0.3 is 11.8 Å². The predicted molar refractivity (Wildman–Crippen MR) is 146 cm³/mol. The lowest BCUT2D eigenvalue weighted by molar-refractivity contribution is -0.136. The second-order valence-corrected chi connectivity index (χ2v) is 8.53. The topological polar surface area (TPSA) is 118 Å². The summed E-state index contributed by atoms with van der Waals surface area (Å²) in [6.07, 6.45) is 2.94. The molecule has 3 amide bonds. The molecular formula is C27H25BrN4O5. The number of hydrogen-bond donors (Lipinski definition) is 3. The summed E-state index contributed by atoms with van der Waals surface area (Å²) in [5.74, 6) is -1.19. The first-order valence-electron chi connectivity index (χ1n) is 11.1. The number of ether oxygens (including phenoxy) is 2. The molecule has 0 fully saturated rings. The molecule has 3 aromatic rings. The molecule has 3 N–H and O–H groups in total. The summed E-state index contributed by atoms with van der Waals surface area (Å²) in [4.78, 5) is 36.6. The molecule has 3 rings (SSSR count). The summed E-state index contributed by atoms with van der Waals surface area (Å²) in [6.45, 7) is 5.59. The summed E-state index contributed by atoms with van der Waals surface area (Å²) in [5, 5.41) is 9.10. The number of benzene rings is 3. The minimum atomic E-state index is -0.953. The van der Waals surface area contributed by atoms with Crippen molar-refractivity contribution in [3.05, 3.63) is 95.0 Å². The number of nitrogens with one attached hydrogen (secondary N) is 3. The second-order valence-electron chi connectivity index (χ2n) is 7.61. The van der Waals surface area contributed by atoms with Gasteiger partial charge in [-0.3, -0.25) is 14.4 Å². The van der Waals surface area contributed by atoms with Crippen LogP contribution in [0.4, 0.5) is 11.4 Å². The Kier molecular flexibility index (Phi) is 9.98. The molecule has 0 aliphatic carbocycles. The van der Waals surface area contributed by atoms with Gasteiger partial charge in [-0.1, -0.05) is 40.7 Å². The smallest absolute Gasteiger partial charge is 0.329 e. The molecule has 10 heteroatoms. The van der Waals surface area contributed by atoms with Crippen LogP contribution in [0, 0.1) is 6.92 Å². The van der Waals surface area contributed by atoms with Crippen LogP contribution in [0.1, 0.15) is 11.1 Å². The highest BCUT2D eigenvalue weighted by molar-refractivity contribution is 9.10. The minimum absolute atomic E-state index is 0.230. The van der Waals surface area contributed by atoms with E-state index in [1.54, 1.807) is 60.7 Å². The van der Waals surface area contributed by atoms with Gasteiger partial charge in [0.2, 0.25) is 0 Å². The maximum atomic E-state index is 12.3. The van der Waals surface area contributed by atoms with Gasteiger partial charge in [0.1, 0.15) is 18.1 Å². The van der Waals surface area contributed by atoms with Crippen LogP contribution in [0.15, 0.2) is 89.0 Å². The van der Waals surface area contributed by atoms with Crippen molar-refractivity contribution in [2.45, 2.75) is 6.92 Å². The molecule has 3 aromatic carbocycles. The maximum Gasteiger partial charge on any atom is 0.329 e. The van der Waals surface area contributed by atoms with Gasteiger partial charge in [0.25, 0.3) is 5.91 Å². The fourth-order valence-corrected chi connectivity index (χ4v) is 3.48. The average Bonchev–Trinajstić information content (AvgIpc) is 2.89. The van der Waals surface area contributed by atoms with E-state index in [2.05, 4.69) is 43.7 Å². The predicted octanol–water partition coefficient (Wildman–Crippen LogP) is 4.43. The Morgan fingerprint density at radius 2 is 1.73 bits per heavy atom. The fourth-order valence-electron chi connectivity index (χ4n) is 3.00. The molecule has 37 heavy (non-hydrogen) atoms. The summed E-state index contributed by atoms with van der Waals surface area (Å²) < 4.78 is 11.9. The van der Waals surface area contributed by atoms with Crippen LogP contribution in [0.2, 0.25) is 0 Å². The van der Waals surface area contributed by atoms with Gasteiger partial charge in [-0.15, -0.1) is 0 Å². The van der Waals surface area contributed by atoms with E-state index in [-0.39, 0.29) is 12.5 Å². The Morgan fingerprint density at radius 3 is 2.46 bits per heavy atom. The minimum Gasteiger partial charge on any atom is -0.490 e. The lowest BCUT2D eigenvalue weighted by Gasteiger charge is -2.11. The highest BCUT2D eigenvalue weighted by Crippen LogP contribution is 2.20. The summed E-state index contributed by atoms with van der Waals surface area (Å²) in [5.41, 5.74) is 4.69. The number of aryl methyl sites for hydroxylation is 1. The van der Waals surface area contributed by atoms with E-state index in [0.29, 0.717) is 35.0 Å². The van der Waals surface area contributed by atoms with E-state index in [4.69, 9.17) is 9.47 Å². The van der Waals surface area contributed by atoms with Crippen molar-refractivity contribution in [2.24, 2.45) is 5.10 Å². The molecular weight excluding hydrogens is 540 g/mol. The maximum absolute atomic E-state index is 12.3. The number of hydrazone groups is 1. The van der Waals surface area contributed by atoms with Gasteiger partial charge in [0.05, 0.1) is 6.21 Å². The Labute approximate surface area is 222 Å². The van der Waals surface area contributed by atoms with Crippen LogP contribution in [-0.4, -0.2) is 37.1 Å². The number of halogens is 1. The van der Waals surface area contributed by atoms with Gasteiger partial charge in [-0.25, -0.2) is 5.43 Å². The van der Waals surface area contributed by atoms with Crippen molar-refractivity contribution < 1.29 is 23.9 Å². The third-order valence-corrected chi connectivity index (χ3v) is 5.29. The number of nitrogens with zero attached hydrogens (tertiary/aromatic N) is 1. The zero-order chi connectivity index (χ0) is 26.6. The third kappa shape index (κ3) is 8.62. The van der Waals surface area contributed by atoms with E-state index in [1.807, 2.05) is 19.1 Å². The molecule has 0 radical (unpaired) electrons. The van der Waals surface area contributed by atoms with Crippen LogP contribution in [-0.2, 0) is 14.4 Å². The number of hydrogen-bond acceptors (Lipinski definition) is 6. The number of para-hydroxylation sites is 1. The van der Waals surface area contributed by atoms with Crippen molar-refractivity contribution >= 4 is 51.2 Å².